The quantitative estimate of drug-likeness (QED) is 0.848. The highest BCUT2D eigenvalue weighted by Crippen LogP contribution is 2.22. The van der Waals surface area contributed by atoms with E-state index >= 15 is 0 Å². The van der Waals surface area contributed by atoms with Crippen molar-refractivity contribution in [3.05, 3.63) is 35.4 Å². The SMILES string of the molecule is Cc1ccccc1CN1CCC(N)(C(=O)O)CC1. The maximum absolute atomic E-state index is 11.1. The molecule has 4 nitrogen and oxygen atoms in total. The monoisotopic (exact) mass is 248 g/mol. The van der Waals surface area contributed by atoms with Crippen LogP contribution in [0.4, 0.5) is 0 Å². The van der Waals surface area contributed by atoms with Gasteiger partial charge < -0.3 is 10.8 Å². The molecule has 1 saturated heterocycles. The molecule has 0 amide bonds. The molecule has 1 aliphatic rings. The number of aliphatic carboxylic acids is 1. The molecule has 2 rings (SSSR count). The Kier molecular flexibility index (Phi) is 3.68. The van der Waals surface area contributed by atoms with E-state index in [-0.39, 0.29) is 0 Å². The van der Waals surface area contributed by atoms with Gasteiger partial charge >= 0.3 is 5.97 Å². The summed E-state index contributed by atoms with van der Waals surface area (Å²) in [5.41, 5.74) is 7.42. The number of likely N-dealkylation sites (tertiary alicyclic amines) is 1. The van der Waals surface area contributed by atoms with Crippen LogP contribution in [0.2, 0.25) is 0 Å². The average Bonchev–Trinajstić information content (AvgIpc) is 2.35. The van der Waals surface area contributed by atoms with E-state index in [1.165, 1.54) is 11.1 Å². The fraction of sp³-hybridized carbons (Fsp3) is 0.500. The molecule has 1 aliphatic heterocycles. The Hall–Kier alpha value is -1.39. The van der Waals surface area contributed by atoms with Crippen LogP contribution < -0.4 is 5.73 Å². The van der Waals surface area contributed by atoms with Crippen LogP contribution in [0.3, 0.4) is 0 Å². The molecule has 0 spiro atoms. The molecule has 0 atom stereocenters. The molecule has 0 bridgehead atoms. The fourth-order valence-electron chi connectivity index (χ4n) is 2.35. The van der Waals surface area contributed by atoms with E-state index in [9.17, 15) is 4.79 Å². The Morgan fingerprint density at radius 2 is 2.00 bits per heavy atom. The van der Waals surface area contributed by atoms with E-state index in [1.54, 1.807) is 0 Å². The van der Waals surface area contributed by atoms with Gasteiger partial charge in [0.2, 0.25) is 0 Å². The molecule has 0 aromatic heterocycles. The topological polar surface area (TPSA) is 66.6 Å². The zero-order valence-electron chi connectivity index (χ0n) is 10.7. The molecule has 0 unspecified atom stereocenters. The summed E-state index contributed by atoms with van der Waals surface area (Å²) in [5.74, 6) is -0.877. The van der Waals surface area contributed by atoms with Crippen LogP contribution in [-0.2, 0) is 11.3 Å². The number of aryl methyl sites for hydroxylation is 1. The van der Waals surface area contributed by atoms with Gasteiger partial charge in [-0.3, -0.25) is 9.69 Å². The van der Waals surface area contributed by atoms with E-state index in [2.05, 4.69) is 24.0 Å². The third-order valence-electron chi connectivity index (χ3n) is 3.83. The minimum absolute atomic E-state index is 0.522. The molecule has 0 aliphatic carbocycles. The summed E-state index contributed by atoms with van der Waals surface area (Å²) in [6.45, 7) is 4.47. The number of nitrogens with two attached hydrogens (primary N) is 1. The van der Waals surface area contributed by atoms with Crippen molar-refractivity contribution in [1.29, 1.82) is 0 Å². The predicted molar refractivity (Wildman–Crippen MR) is 70.2 cm³/mol. The number of carboxylic acids is 1. The average molecular weight is 248 g/mol. The second-order valence-electron chi connectivity index (χ2n) is 5.16. The van der Waals surface area contributed by atoms with Crippen molar-refractivity contribution < 1.29 is 9.90 Å². The minimum atomic E-state index is -1.03. The highest BCUT2D eigenvalue weighted by Gasteiger charge is 2.37. The van der Waals surface area contributed by atoms with Gasteiger partial charge in [0.05, 0.1) is 0 Å². The number of benzene rings is 1. The lowest BCUT2D eigenvalue weighted by Gasteiger charge is -2.36. The van der Waals surface area contributed by atoms with Crippen LogP contribution in [0.15, 0.2) is 24.3 Å². The third kappa shape index (κ3) is 2.71. The van der Waals surface area contributed by atoms with Gasteiger partial charge in [0, 0.05) is 19.6 Å². The molecule has 1 aromatic rings. The van der Waals surface area contributed by atoms with Gasteiger partial charge in [-0.1, -0.05) is 24.3 Å². The zero-order valence-corrected chi connectivity index (χ0v) is 10.7. The molecule has 0 saturated carbocycles. The lowest BCUT2D eigenvalue weighted by Crippen LogP contribution is -2.55. The zero-order chi connectivity index (χ0) is 13.2. The van der Waals surface area contributed by atoms with Crippen molar-refractivity contribution in [3.63, 3.8) is 0 Å². The lowest BCUT2D eigenvalue weighted by molar-refractivity contribution is -0.145. The van der Waals surface area contributed by atoms with Crippen LogP contribution >= 0.6 is 0 Å². The fourth-order valence-corrected chi connectivity index (χ4v) is 2.35. The van der Waals surface area contributed by atoms with Gasteiger partial charge in [0.15, 0.2) is 0 Å². The first-order valence-electron chi connectivity index (χ1n) is 6.30. The van der Waals surface area contributed by atoms with Crippen molar-refractivity contribution >= 4 is 5.97 Å². The minimum Gasteiger partial charge on any atom is -0.480 e. The van der Waals surface area contributed by atoms with Gasteiger partial charge in [-0.25, -0.2) is 0 Å². The molecular formula is C14H20N2O2. The summed E-state index contributed by atoms with van der Waals surface area (Å²) in [5, 5.41) is 9.07. The van der Waals surface area contributed by atoms with Crippen LogP contribution in [0.5, 0.6) is 0 Å². The molecular weight excluding hydrogens is 228 g/mol. The molecule has 1 aromatic carbocycles. The van der Waals surface area contributed by atoms with Crippen LogP contribution in [0.25, 0.3) is 0 Å². The highest BCUT2D eigenvalue weighted by molar-refractivity contribution is 5.78. The maximum atomic E-state index is 11.1. The number of nitrogens with zero attached hydrogens (tertiary/aromatic N) is 1. The van der Waals surface area contributed by atoms with E-state index < -0.39 is 11.5 Å². The number of hydrogen-bond donors (Lipinski definition) is 2. The molecule has 4 heteroatoms. The predicted octanol–water partition coefficient (Wildman–Crippen LogP) is 1.37. The number of carboxylic acid groups (broad SMARTS) is 1. The van der Waals surface area contributed by atoms with E-state index in [1.807, 2.05) is 12.1 Å². The molecule has 1 heterocycles. The Balaban J connectivity index is 1.95. The van der Waals surface area contributed by atoms with Crippen LogP contribution in [0, 0.1) is 6.92 Å². The number of carbonyl (C=O) groups is 1. The van der Waals surface area contributed by atoms with Gasteiger partial charge in [0.1, 0.15) is 5.54 Å². The van der Waals surface area contributed by atoms with Crippen LogP contribution in [-0.4, -0.2) is 34.6 Å². The number of piperidine rings is 1. The lowest BCUT2D eigenvalue weighted by atomic mass is 9.88. The van der Waals surface area contributed by atoms with E-state index in [0.29, 0.717) is 12.8 Å². The van der Waals surface area contributed by atoms with Crippen molar-refractivity contribution in [1.82, 2.24) is 4.90 Å². The summed E-state index contributed by atoms with van der Waals surface area (Å²) in [7, 11) is 0. The molecule has 0 radical (unpaired) electrons. The molecule has 18 heavy (non-hydrogen) atoms. The normalized spacial score (nSPS) is 19.7. The summed E-state index contributed by atoms with van der Waals surface area (Å²) >= 11 is 0. The first kappa shape index (κ1) is 13.1. The summed E-state index contributed by atoms with van der Waals surface area (Å²) in [6.07, 6.45) is 1.04. The molecule has 3 N–H and O–H groups in total. The largest absolute Gasteiger partial charge is 0.480 e. The number of rotatable bonds is 3. The van der Waals surface area contributed by atoms with Gasteiger partial charge in [-0.15, -0.1) is 0 Å². The second-order valence-corrected chi connectivity index (χ2v) is 5.16. The van der Waals surface area contributed by atoms with E-state index in [0.717, 1.165) is 19.6 Å². The Morgan fingerprint density at radius 3 is 2.56 bits per heavy atom. The van der Waals surface area contributed by atoms with Crippen molar-refractivity contribution in [2.75, 3.05) is 13.1 Å². The van der Waals surface area contributed by atoms with Crippen molar-refractivity contribution in [2.24, 2.45) is 5.73 Å². The molecule has 98 valence electrons. The first-order valence-corrected chi connectivity index (χ1v) is 6.30. The third-order valence-corrected chi connectivity index (χ3v) is 3.83. The second kappa shape index (κ2) is 5.08. The summed E-state index contributed by atoms with van der Waals surface area (Å²) < 4.78 is 0. The Labute approximate surface area is 107 Å². The number of hydrogen-bond acceptors (Lipinski definition) is 3. The smallest absolute Gasteiger partial charge is 0.323 e. The van der Waals surface area contributed by atoms with Crippen LogP contribution in [0.1, 0.15) is 24.0 Å². The Bertz CT molecular complexity index is 437. The van der Waals surface area contributed by atoms with Gasteiger partial charge in [-0.05, 0) is 30.9 Å². The standard InChI is InChI=1S/C14H20N2O2/c1-11-4-2-3-5-12(11)10-16-8-6-14(15,7-9-16)13(17)18/h2-5H,6-10,15H2,1H3,(H,17,18). The Morgan fingerprint density at radius 1 is 1.39 bits per heavy atom. The van der Waals surface area contributed by atoms with E-state index in [4.69, 9.17) is 10.8 Å². The van der Waals surface area contributed by atoms with Crippen molar-refractivity contribution in [2.45, 2.75) is 31.8 Å². The molecule has 1 fully saturated rings. The maximum Gasteiger partial charge on any atom is 0.323 e. The van der Waals surface area contributed by atoms with Crippen molar-refractivity contribution in [3.8, 4) is 0 Å². The highest BCUT2D eigenvalue weighted by atomic mass is 16.4. The summed E-state index contributed by atoms with van der Waals surface area (Å²) in [6, 6.07) is 8.29. The first-order chi connectivity index (χ1) is 8.51. The summed E-state index contributed by atoms with van der Waals surface area (Å²) in [4.78, 5) is 13.3. The van der Waals surface area contributed by atoms with Gasteiger partial charge in [-0.2, -0.15) is 0 Å². The van der Waals surface area contributed by atoms with Gasteiger partial charge in [0.25, 0.3) is 0 Å².